The number of hydrogen-bond acceptors (Lipinski definition) is 4. The molecule has 1 unspecified atom stereocenters. The molecule has 162 valence electrons. The van der Waals surface area contributed by atoms with Gasteiger partial charge in [-0.1, -0.05) is 30.3 Å². The summed E-state index contributed by atoms with van der Waals surface area (Å²) in [4.78, 5) is 2.26. The number of fused-ring (bicyclic) bond motifs is 1. The zero-order valence-corrected chi connectivity index (χ0v) is 16.8. The van der Waals surface area contributed by atoms with E-state index in [0.717, 1.165) is 30.4 Å². The molecule has 2 heterocycles. The molecule has 1 aromatic heterocycles. The Morgan fingerprint density at radius 1 is 0.903 bits per heavy atom. The standard InChI is InChI=1S/C24H22F3NO3/c25-24(26,27)20-6-2-1-5-19(20)21-12-11-17(30-21)13-28(16-9-10-16)14-18-15-29-22-7-3-4-8-23(22)31-18/h1-8,11-12,16,18H,9-10,13-15H2. The largest absolute Gasteiger partial charge is 0.486 e. The van der Waals surface area contributed by atoms with E-state index in [1.807, 2.05) is 24.3 Å². The fraction of sp³-hybridized carbons (Fsp3) is 0.333. The highest BCUT2D eigenvalue weighted by atomic mass is 19.4. The van der Waals surface area contributed by atoms with E-state index < -0.39 is 11.7 Å². The topological polar surface area (TPSA) is 34.8 Å². The van der Waals surface area contributed by atoms with Crippen molar-refractivity contribution >= 4 is 0 Å². The van der Waals surface area contributed by atoms with Gasteiger partial charge < -0.3 is 13.9 Å². The van der Waals surface area contributed by atoms with Gasteiger partial charge in [-0.25, -0.2) is 0 Å². The Hall–Kier alpha value is -2.93. The maximum atomic E-state index is 13.4. The van der Waals surface area contributed by atoms with E-state index in [1.54, 1.807) is 18.2 Å². The average molecular weight is 429 g/mol. The van der Waals surface area contributed by atoms with Crippen molar-refractivity contribution in [3.05, 3.63) is 72.0 Å². The third-order valence-electron chi connectivity index (χ3n) is 5.59. The molecule has 1 saturated carbocycles. The molecule has 4 nitrogen and oxygen atoms in total. The van der Waals surface area contributed by atoms with Gasteiger partial charge in [0.25, 0.3) is 0 Å². The van der Waals surface area contributed by atoms with Crippen molar-refractivity contribution in [3.8, 4) is 22.8 Å². The minimum Gasteiger partial charge on any atom is -0.486 e. The number of nitrogens with zero attached hydrogens (tertiary/aromatic N) is 1. The van der Waals surface area contributed by atoms with Crippen LogP contribution in [0.25, 0.3) is 11.3 Å². The summed E-state index contributed by atoms with van der Waals surface area (Å²) in [5.74, 6) is 2.34. The summed E-state index contributed by atoms with van der Waals surface area (Å²) in [7, 11) is 0. The molecule has 31 heavy (non-hydrogen) atoms. The Morgan fingerprint density at radius 2 is 1.65 bits per heavy atom. The van der Waals surface area contributed by atoms with Gasteiger partial charge >= 0.3 is 6.18 Å². The van der Waals surface area contributed by atoms with Gasteiger partial charge in [-0.15, -0.1) is 0 Å². The lowest BCUT2D eigenvalue weighted by molar-refractivity contribution is -0.137. The number of hydrogen-bond donors (Lipinski definition) is 0. The van der Waals surface area contributed by atoms with E-state index in [-0.39, 0.29) is 17.4 Å². The predicted molar refractivity (Wildman–Crippen MR) is 109 cm³/mol. The first-order valence-corrected chi connectivity index (χ1v) is 10.4. The summed E-state index contributed by atoms with van der Waals surface area (Å²) in [5, 5.41) is 0. The van der Waals surface area contributed by atoms with Gasteiger partial charge in [-0.2, -0.15) is 13.2 Å². The Balaban J connectivity index is 1.30. The van der Waals surface area contributed by atoms with Crippen molar-refractivity contribution in [2.24, 2.45) is 0 Å². The lowest BCUT2D eigenvalue weighted by Crippen LogP contribution is -2.41. The molecule has 2 aliphatic rings. The Morgan fingerprint density at radius 3 is 2.42 bits per heavy atom. The quantitative estimate of drug-likeness (QED) is 0.498. The number of benzene rings is 2. The van der Waals surface area contributed by atoms with Crippen molar-refractivity contribution in [2.45, 2.75) is 37.7 Å². The van der Waals surface area contributed by atoms with Crippen LogP contribution in [0.5, 0.6) is 11.5 Å². The fourth-order valence-corrected chi connectivity index (χ4v) is 3.95. The Kier molecular flexibility index (Phi) is 5.14. The zero-order chi connectivity index (χ0) is 21.4. The second kappa shape index (κ2) is 7.96. The number of para-hydroxylation sites is 2. The fourth-order valence-electron chi connectivity index (χ4n) is 3.95. The van der Waals surface area contributed by atoms with Gasteiger partial charge in [0.15, 0.2) is 11.5 Å². The van der Waals surface area contributed by atoms with E-state index in [1.165, 1.54) is 12.1 Å². The average Bonchev–Trinajstić information content (AvgIpc) is 3.51. The first kappa shape index (κ1) is 20.0. The second-order valence-corrected chi connectivity index (χ2v) is 7.97. The Bertz CT molecular complexity index is 1060. The molecule has 7 heteroatoms. The minimum atomic E-state index is -4.43. The summed E-state index contributed by atoms with van der Waals surface area (Å²) < 4.78 is 57.8. The van der Waals surface area contributed by atoms with Crippen LogP contribution in [0.2, 0.25) is 0 Å². The van der Waals surface area contributed by atoms with Crippen LogP contribution >= 0.6 is 0 Å². The summed E-state index contributed by atoms with van der Waals surface area (Å²) in [5.41, 5.74) is -0.638. The third kappa shape index (κ3) is 4.42. The smallest absolute Gasteiger partial charge is 0.417 e. The van der Waals surface area contributed by atoms with Crippen molar-refractivity contribution in [2.75, 3.05) is 13.2 Å². The van der Waals surface area contributed by atoms with E-state index in [9.17, 15) is 13.2 Å². The highest BCUT2D eigenvalue weighted by Gasteiger charge is 2.35. The molecule has 1 aliphatic heterocycles. The van der Waals surface area contributed by atoms with Gasteiger partial charge in [0, 0.05) is 18.2 Å². The molecular weight excluding hydrogens is 407 g/mol. The number of halogens is 3. The van der Waals surface area contributed by atoms with E-state index in [2.05, 4.69) is 4.90 Å². The normalized spacial score (nSPS) is 18.4. The molecule has 1 atom stereocenters. The molecule has 5 rings (SSSR count). The van der Waals surface area contributed by atoms with Gasteiger partial charge in [-0.05, 0) is 43.2 Å². The number of alkyl halides is 3. The van der Waals surface area contributed by atoms with Crippen LogP contribution in [0.4, 0.5) is 13.2 Å². The SMILES string of the molecule is FC(F)(F)c1ccccc1-c1ccc(CN(CC2COc3ccccc3O2)C2CC2)o1. The van der Waals surface area contributed by atoms with Crippen LogP contribution in [-0.4, -0.2) is 30.2 Å². The van der Waals surface area contributed by atoms with Crippen molar-refractivity contribution in [1.29, 1.82) is 0 Å². The summed E-state index contributed by atoms with van der Waals surface area (Å²) in [6, 6.07) is 16.9. The number of rotatable bonds is 6. The lowest BCUT2D eigenvalue weighted by atomic mass is 10.1. The van der Waals surface area contributed by atoms with Crippen LogP contribution in [0, 0.1) is 0 Å². The molecule has 1 fully saturated rings. The molecule has 0 N–H and O–H groups in total. The van der Waals surface area contributed by atoms with Crippen LogP contribution in [0.15, 0.2) is 65.1 Å². The molecule has 2 aromatic carbocycles. The monoisotopic (exact) mass is 429 g/mol. The molecule has 3 aromatic rings. The number of furan rings is 1. The van der Waals surface area contributed by atoms with E-state index in [4.69, 9.17) is 13.9 Å². The molecular formula is C24H22F3NO3. The summed E-state index contributed by atoms with van der Waals surface area (Å²) in [6.45, 7) is 1.64. The molecule has 0 bridgehead atoms. The van der Waals surface area contributed by atoms with Gasteiger partial charge in [0.05, 0.1) is 12.1 Å². The predicted octanol–water partition coefficient (Wildman–Crippen LogP) is 5.77. The van der Waals surface area contributed by atoms with Gasteiger partial charge in [-0.3, -0.25) is 4.90 Å². The van der Waals surface area contributed by atoms with Crippen LogP contribution in [-0.2, 0) is 12.7 Å². The maximum Gasteiger partial charge on any atom is 0.417 e. The summed E-state index contributed by atoms with van der Waals surface area (Å²) in [6.07, 6.45) is -2.36. The van der Waals surface area contributed by atoms with Crippen LogP contribution in [0.1, 0.15) is 24.2 Å². The highest BCUT2D eigenvalue weighted by molar-refractivity contribution is 5.63. The molecule has 0 spiro atoms. The first-order chi connectivity index (χ1) is 15.0. The first-order valence-electron chi connectivity index (χ1n) is 10.4. The van der Waals surface area contributed by atoms with Crippen LogP contribution in [0.3, 0.4) is 0 Å². The van der Waals surface area contributed by atoms with Crippen molar-refractivity contribution < 1.29 is 27.1 Å². The van der Waals surface area contributed by atoms with Crippen molar-refractivity contribution in [3.63, 3.8) is 0 Å². The van der Waals surface area contributed by atoms with E-state index in [0.29, 0.717) is 31.5 Å². The third-order valence-corrected chi connectivity index (χ3v) is 5.59. The molecule has 0 amide bonds. The second-order valence-electron chi connectivity index (χ2n) is 7.97. The molecule has 1 aliphatic carbocycles. The van der Waals surface area contributed by atoms with E-state index >= 15 is 0 Å². The maximum absolute atomic E-state index is 13.4. The minimum absolute atomic E-state index is 0.0554. The summed E-state index contributed by atoms with van der Waals surface area (Å²) >= 11 is 0. The van der Waals surface area contributed by atoms with Crippen molar-refractivity contribution in [1.82, 2.24) is 4.90 Å². The van der Waals surface area contributed by atoms with Gasteiger partial charge in [0.1, 0.15) is 24.2 Å². The Labute approximate surface area is 178 Å². The molecule has 0 radical (unpaired) electrons. The lowest BCUT2D eigenvalue weighted by Gasteiger charge is -2.31. The van der Waals surface area contributed by atoms with Crippen LogP contribution < -0.4 is 9.47 Å². The molecule has 0 saturated heterocycles. The number of ether oxygens (including phenoxy) is 2. The highest BCUT2D eigenvalue weighted by Crippen LogP contribution is 2.38. The zero-order valence-electron chi connectivity index (χ0n) is 16.8. The van der Waals surface area contributed by atoms with Gasteiger partial charge in [0.2, 0.25) is 0 Å².